The summed E-state index contributed by atoms with van der Waals surface area (Å²) in [5.74, 6) is 6.74. The molecule has 1 aromatic rings. The van der Waals surface area contributed by atoms with Gasteiger partial charge in [0, 0.05) is 18.4 Å². The first-order chi connectivity index (χ1) is 16.3. The number of alkyl halides is 3. The van der Waals surface area contributed by atoms with Crippen molar-refractivity contribution in [3.05, 3.63) is 35.9 Å². The summed E-state index contributed by atoms with van der Waals surface area (Å²) in [4.78, 5) is 25.4. The molecule has 0 aliphatic heterocycles. The van der Waals surface area contributed by atoms with Gasteiger partial charge in [0.1, 0.15) is 5.04 Å². The third-order valence-electron chi connectivity index (χ3n) is 6.04. The van der Waals surface area contributed by atoms with Crippen molar-refractivity contribution < 1.29 is 19.1 Å². The van der Waals surface area contributed by atoms with E-state index in [0.29, 0.717) is 43.8 Å². The molecular weight excluding hydrogens is 781 g/mol. The molecule has 1 fully saturated rings. The molecular formula is C28H37I3O4. The molecule has 0 spiro atoms. The van der Waals surface area contributed by atoms with Gasteiger partial charge in [0.05, 0.1) is 13.0 Å². The van der Waals surface area contributed by atoms with Crippen LogP contribution in [-0.2, 0) is 25.7 Å². The first-order valence-corrected chi connectivity index (χ1v) is 15.5. The fourth-order valence-corrected chi connectivity index (χ4v) is 4.82. The molecule has 194 valence electrons. The minimum atomic E-state index is -0.571. The van der Waals surface area contributed by atoms with Crippen LogP contribution in [0.15, 0.2) is 30.3 Å². The molecule has 0 heterocycles. The van der Waals surface area contributed by atoms with Crippen molar-refractivity contribution in [1.82, 2.24) is 0 Å². The number of hydrogen-bond donors (Lipinski definition) is 0. The van der Waals surface area contributed by atoms with E-state index in [1.807, 2.05) is 51.1 Å². The Labute approximate surface area is 252 Å². The quantitative estimate of drug-likeness (QED) is 0.0538. The standard InChI is InChI=1S/C28H37I3O4/c1-20(28(29,30)31)15-23-16-22(17-23)12-13-25(32)24(18-26(33)35-27(2,3)4)11-8-14-34-19-21-9-6-5-7-10-21/h5-7,9-10,20,22-24H,8,11,14-19H2,1-4H3. The number of benzene rings is 1. The van der Waals surface area contributed by atoms with E-state index in [4.69, 9.17) is 9.47 Å². The van der Waals surface area contributed by atoms with Crippen LogP contribution in [0.5, 0.6) is 0 Å². The largest absolute Gasteiger partial charge is 0.460 e. The normalized spacial score (nSPS) is 19.6. The lowest BCUT2D eigenvalue weighted by Crippen LogP contribution is -2.28. The SMILES string of the molecule is CC(CC1CC(C#CC(=O)C(CCCOCc2ccccc2)CC(=O)OC(C)(C)C)C1)C(I)(I)I. The van der Waals surface area contributed by atoms with Gasteiger partial charge in [-0.15, -0.1) is 0 Å². The molecule has 1 saturated carbocycles. The number of Topliss-reactive ketones (excluding diaryl/α,β-unsaturated/α-hetero) is 1. The van der Waals surface area contributed by atoms with Crippen LogP contribution in [0, 0.1) is 35.5 Å². The van der Waals surface area contributed by atoms with Crippen molar-refractivity contribution in [2.45, 2.75) is 77.9 Å². The Morgan fingerprint density at radius 3 is 2.37 bits per heavy atom. The van der Waals surface area contributed by atoms with Crippen LogP contribution >= 0.6 is 67.8 Å². The molecule has 1 aromatic carbocycles. The maximum atomic E-state index is 12.9. The first kappa shape index (κ1) is 31.3. The Balaban J connectivity index is 1.85. The molecule has 0 amide bonds. The minimum Gasteiger partial charge on any atom is -0.460 e. The third-order valence-corrected chi connectivity index (χ3v) is 9.23. The molecule has 0 radical (unpaired) electrons. The fourth-order valence-electron chi connectivity index (χ4n) is 4.06. The Hall–Kier alpha value is 0.0700. The Morgan fingerprint density at radius 1 is 1.11 bits per heavy atom. The summed E-state index contributed by atoms with van der Waals surface area (Å²) in [6.07, 6.45) is 4.66. The van der Waals surface area contributed by atoms with E-state index in [-0.39, 0.29) is 17.6 Å². The lowest BCUT2D eigenvalue weighted by atomic mass is 9.71. The van der Waals surface area contributed by atoms with Gasteiger partial charge in [-0.2, -0.15) is 0 Å². The minimum absolute atomic E-state index is 0.0668. The van der Waals surface area contributed by atoms with E-state index in [9.17, 15) is 9.59 Å². The lowest BCUT2D eigenvalue weighted by molar-refractivity contribution is -0.157. The Morgan fingerprint density at radius 2 is 1.77 bits per heavy atom. The molecule has 35 heavy (non-hydrogen) atoms. The summed E-state index contributed by atoms with van der Waals surface area (Å²) in [5, 5.41) is 0. The first-order valence-electron chi connectivity index (χ1n) is 12.3. The van der Waals surface area contributed by atoms with E-state index in [2.05, 4.69) is 86.5 Å². The van der Waals surface area contributed by atoms with Crippen LogP contribution in [0.25, 0.3) is 0 Å². The highest BCUT2D eigenvalue weighted by molar-refractivity contribution is 14.3. The number of esters is 1. The zero-order valence-electron chi connectivity index (χ0n) is 21.1. The molecule has 0 bridgehead atoms. The summed E-state index contributed by atoms with van der Waals surface area (Å²) in [7, 11) is 0. The summed E-state index contributed by atoms with van der Waals surface area (Å²) in [5.41, 5.74) is 0.549. The molecule has 7 heteroatoms. The monoisotopic (exact) mass is 818 g/mol. The summed E-state index contributed by atoms with van der Waals surface area (Å²) >= 11 is 7.51. The van der Waals surface area contributed by atoms with Crippen LogP contribution in [0.1, 0.15) is 71.8 Å². The van der Waals surface area contributed by atoms with E-state index in [1.54, 1.807) is 0 Å². The van der Waals surface area contributed by atoms with Crippen molar-refractivity contribution in [2.24, 2.45) is 23.7 Å². The van der Waals surface area contributed by atoms with Crippen LogP contribution in [-0.4, -0.2) is 23.4 Å². The van der Waals surface area contributed by atoms with Gasteiger partial charge in [-0.25, -0.2) is 0 Å². The molecule has 0 N–H and O–H groups in total. The molecule has 2 atom stereocenters. The Kier molecular flexibility index (Phi) is 13.3. The zero-order chi connectivity index (χ0) is 26.1. The maximum Gasteiger partial charge on any atom is 0.307 e. The summed E-state index contributed by atoms with van der Waals surface area (Å²) in [6.45, 7) is 8.90. The molecule has 0 saturated heterocycles. The van der Waals surface area contributed by atoms with Gasteiger partial charge in [-0.05, 0) is 76.2 Å². The van der Waals surface area contributed by atoms with Crippen molar-refractivity contribution >= 4 is 79.5 Å². The van der Waals surface area contributed by atoms with E-state index >= 15 is 0 Å². The molecule has 1 aliphatic rings. The van der Waals surface area contributed by atoms with Crippen LogP contribution < -0.4 is 0 Å². The second kappa shape index (κ2) is 14.9. The predicted octanol–water partition coefficient (Wildman–Crippen LogP) is 7.92. The third kappa shape index (κ3) is 12.9. The number of ether oxygens (including phenoxy) is 2. The number of halogens is 3. The van der Waals surface area contributed by atoms with Crippen LogP contribution in [0.4, 0.5) is 0 Å². The van der Waals surface area contributed by atoms with Gasteiger partial charge in [-0.3, -0.25) is 9.59 Å². The highest BCUT2D eigenvalue weighted by Gasteiger charge is 2.34. The average Bonchev–Trinajstić information content (AvgIpc) is 2.72. The topological polar surface area (TPSA) is 52.6 Å². The molecule has 1 aliphatic carbocycles. The highest BCUT2D eigenvalue weighted by atomic mass is 127. The van der Waals surface area contributed by atoms with Crippen LogP contribution in [0.3, 0.4) is 0 Å². The number of hydrogen-bond acceptors (Lipinski definition) is 4. The van der Waals surface area contributed by atoms with Gasteiger partial charge < -0.3 is 9.47 Å². The highest BCUT2D eigenvalue weighted by Crippen LogP contribution is 2.48. The molecule has 0 aromatic heterocycles. The van der Waals surface area contributed by atoms with Gasteiger partial charge in [0.15, 0.2) is 0 Å². The number of rotatable bonds is 12. The smallest absolute Gasteiger partial charge is 0.307 e. The number of carbonyl (C=O) groups excluding carboxylic acids is 2. The van der Waals surface area contributed by atoms with Gasteiger partial charge in [0.2, 0.25) is 5.78 Å². The second-order valence-electron chi connectivity index (χ2n) is 10.5. The van der Waals surface area contributed by atoms with Crippen molar-refractivity contribution in [2.75, 3.05) is 6.61 Å². The van der Waals surface area contributed by atoms with Gasteiger partial charge in [-0.1, -0.05) is 111 Å². The van der Waals surface area contributed by atoms with Crippen molar-refractivity contribution in [1.29, 1.82) is 0 Å². The van der Waals surface area contributed by atoms with Gasteiger partial charge >= 0.3 is 5.97 Å². The van der Waals surface area contributed by atoms with Crippen LogP contribution in [0.2, 0.25) is 0 Å². The summed E-state index contributed by atoms with van der Waals surface area (Å²) in [6, 6.07) is 10.0. The average molecular weight is 818 g/mol. The number of ketones is 1. The predicted molar refractivity (Wildman–Crippen MR) is 167 cm³/mol. The van der Waals surface area contributed by atoms with E-state index < -0.39 is 11.5 Å². The van der Waals surface area contributed by atoms with Crippen molar-refractivity contribution in [3.63, 3.8) is 0 Å². The maximum absolute atomic E-state index is 12.9. The van der Waals surface area contributed by atoms with E-state index in [0.717, 1.165) is 18.4 Å². The second-order valence-corrected chi connectivity index (χ2v) is 21.8. The lowest BCUT2D eigenvalue weighted by Gasteiger charge is -2.35. The molecule has 4 nitrogen and oxygen atoms in total. The van der Waals surface area contributed by atoms with Gasteiger partial charge in [0.25, 0.3) is 0 Å². The van der Waals surface area contributed by atoms with E-state index in [1.165, 1.54) is 6.42 Å². The molecule has 2 unspecified atom stereocenters. The summed E-state index contributed by atoms with van der Waals surface area (Å²) < 4.78 is 11.5. The number of carbonyl (C=O) groups is 2. The zero-order valence-corrected chi connectivity index (χ0v) is 27.6. The molecule has 2 rings (SSSR count). The fraction of sp³-hybridized carbons (Fsp3) is 0.643. The Bertz CT molecular complexity index is 871. The van der Waals surface area contributed by atoms with Crippen molar-refractivity contribution in [3.8, 4) is 11.8 Å².